The van der Waals surface area contributed by atoms with Crippen LogP contribution in [0.2, 0.25) is 0 Å². The number of rotatable bonds is 2. The minimum atomic E-state index is -0.539. The molecular weight excluding hydrogens is 322 g/mol. The second-order valence-electron chi connectivity index (χ2n) is 7.53. The number of aromatic amines is 1. The summed E-state index contributed by atoms with van der Waals surface area (Å²) in [6, 6.07) is 0. The minimum absolute atomic E-state index is 0.0864. The van der Waals surface area contributed by atoms with Crippen LogP contribution in [-0.4, -0.2) is 50.6 Å². The number of hydrogen-bond donors (Lipinski definition) is 2. The Bertz CT molecular complexity index is 659. The zero-order chi connectivity index (χ0) is 17.4. The number of nitrogens with two attached hydrogens (primary N) is 1. The number of nitrogens with one attached hydrogen (secondary N) is 1. The maximum atomic E-state index is 13.1. The number of aromatic nitrogens is 3. The van der Waals surface area contributed by atoms with E-state index in [9.17, 15) is 9.59 Å². The maximum absolute atomic E-state index is 13.1. The highest BCUT2D eigenvalue weighted by Gasteiger charge is 2.53. The van der Waals surface area contributed by atoms with Crippen molar-refractivity contribution >= 4 is 17.8 Å². The van der Waals surface area contributed by atoms with Crippen molar-refractivity contribution in [1.29, 1.82) is 0 Å². The Labute approximate surface area is 146 Å². The Morgan fingerprint density at radius 2 is 1.96 bits per heavy atom. The van der Waals surface area contributed by atoms with Gasteiger partial charge in [-0.05, 0) is 38.5 Å². The summed E-state index contributed by atoms with van der Waals surface area (Å²) in [6.45, 7) is 1.34. The third-order valence-electron chi connectivity index (χ3n) is 6.03. The van der Waals surface area contributed by atoms with Crippen molar-refractivity contribution in [3.05, 3.63) is 5.82 Å². The first-order chi connectivity index (χ1) is 12.1. The summed E-state index contributed by atoms with van der Waals surface area (Å²) < 4.78 is 5.68. The van der Waals surface area contributed by atoms with Gasteiger partial charge in [0.2, 0.25) is 11.9 Å². The fraction of sp³-hybridized carbons (Fsp3) is 0.765. The quantitative estimate of drug-likeness (QED) is 0.781. The molecule has 1 saturated carbocycles. The summed E-state index contributed by atoms with van der Waals surface area (Å²) >= 11 is 0. The summed E-state index contributed by atoms with van der Waals surface area (Å²) in [7, 11) is 0. The average molecular weight is 347 g/mol. The van der Waals surface area contributed by atoms with Crippen molar-refractivity contribution in [3.8, 4) is 0 Å². The van der Waals surface area contributed by atoms with Crippen LogP contribution in [0.4, 0.5) is 5.95 Å². The van der Waals surface area contributed by atoms with Crippen LogP contribution in [0.3, 0.4) is 0 Å². The van der Waals surface area contributed by atoms with Crippen molar-refractivity contribution in [1.82, 2.24) is 20.1 Å². The lowest BCUT2D eigenvalue weighted by molar-refractivity contribution is -0.156. The van der Waals surface area contributed by atoms with Crippen LogP contribution in [0.1, 0.15) is 63.1 Å². The summed E-state index contributed by atoms with van der Waals surface area (Å²) in [5.74, 6) is 0.870. The predicted octanol–water partition coefficient (Wildman–Crippen LogP) is 1.36. The molecule has 4 rings (SSSR count). The summed E-state index contributed by atoms with van der Waals surface area (Å²) in [5.41, 5.74) is 5.03. The highest BCUT2D eigenvalue weighted by Crippen LogP contribution is 2.45. The molecule has 1 spiro atoms. The third kappa shape index (κ3) is 2.98. The molecule has 3 fully saturated rings. The highest BCUT2D eigenvalue weighted by atomic mass is 16.6. The van der Waals surface area contributed by atoms with Gasteiger partial charge in [0.25, 0.3) is 0 Å². The number of esters is 1. The standard InChI is InChI=1S/C17H25N5O3/c18-16-19-14(20-21-16)11-4-8-22(9-5-11)15(24)12-10-13(23)25-17(12)6-2-1-3-7-17/h11-12H,1-10H2,(H3,18,19,20,21). The molecule has 8 nitrogen and oxygen atoms in total. The monoisotopic (exact) mass is 347 g/mol. The molecule has 1 aromatic rings. The summed E-state index contributed by atoms with van der Waals surface area (Å²) in [4.78, 5) is 31.1. The first kappa shape index (κ1) is 16.4. The van der Waals surface area contributed by atoms with E-state index < -0.39 is 5.60 Å². The van der Waals surface area contributed by atoms with Crippen LogP contribution in [0, 0.1) is 5.92 Å². The van der Waals surface area contributed by atoms with Crippen LogP contribution in [0.15, 0.2) is 0 Å². The minimum Gasteiger partial charge on any atom is -0.458 e. The van der Waals surface area contributed by atoms with Gasteiger partial charge in [0.1, 0.15) is 11.4 Å². The van der Waals surface area contributed by atoms with Crippen LogP contribution in [0.5, 0.6) is 0 Å². The van der Waals surface area contributed by atoms with Crippen LogP contribution < -0.4 is 5.73 Å². The second kappa shape index (κ2) is 6.31. The van der Waals surface area contributed by atoms with Gasteiger partial charge in [0, 0.05) is 19.0 Å². The lowest BCUT2D eigenvalue weighted by Crippen LogP contribution is -2.49. The number of amides is 1. The molecular formula is C17H25N5O3. The van der Waals surface area contributed by atoms with Crippen LogP contribution in [-0.2, 0) is 14.3 Å². The van der Waals surface area contributed by atoms with E-state index in [-0.39, 0.29) is 36.1 Å². The number of carbonyl (C=O) groups is 2. The Kier molecular flexibility index (Phi) is 4.13. The van der Waals surface area contributed by atoms with Gasteiger partial charge in [-0.3, -0.25) is 14.7 Å². The van der Waals surface area contributed by atoms with E-state index in [0.29, 0.717) is 13.1 Å². The van der Waals surface area contributed by atoms with E-state index in [1.165, 1.54) is 0 Å². The third-order valence-corrected chi connectivity index (χ3v) is 6.03. The number of hydrogen-bond acceptors (Lipinski definition) is 6. The molecule has 3 N–H and O–H groups in total. The lowest BCUT2D eigenvalue weighted by Gasteiger charge is -2.39. The molecule has 1 amide bonds. The smallest absolute Gasteiger partial charge is 0.307 e. The van der Waals surface area contributed by atoms with Gasteiger partial charge in [-0.15, -0.1) is 5.10 Å². The van der Waals surface area contributed by atoms with E-state index in [1.54, 1.807) is 0 Å². The molecule has 25 heavy (non-hydrogen) atoms. The van der Waals surface area contributed by atoms with E-state index >= 15 is 0 Å². The largest absolute Gasteiger partial charge is 0.458 e. The summed E-state index contributed by atoms with van der Waals surface area (Å²) in [5, 5.41) is 6.75. The molecule has 136 valence electrons. The van der Waals surface area contributed by atoms with Gasteiger partial charge >= 0.3 is 5.97 Å². The molecule has 2 saturated heterocycles. The number of nitrogen functional groups attached to an aromatic ring is 1. The van der Waals surface area contributed by atoms with E-state index in [4.69, 9.17) is 10.5 Å². The van der Waals surface area contributed by atoms with E-state index in [0.717, 1.165) is 50.8 Å². The molecule has 3 heterocycles. The zero-order valence-electron chi connectivity index (χ0n) is 14.4. The molecule has 0 bridgehead atoms. The first-order valence-corrected chi connectivity index (χ1v) is 9.26. The Morgan fingerprint density at radius 3 is 2.60 bits per heavy atom. The number of likely N-dealkylation sites (tertiary alicyclic amines) is 1. The Balaban J connectivity index is 1.42. The summed E-state index contributed by atoms with van der Waals surface area (Å²) in [6.07, 6.45) is 6.76. The fourth-order valence-corrected chi connectivity index (χ4v) is 4.67. The molecule has 1 aromatic heterocycles. The zero-order valence-corrected chi connectivity index (χ0v) is 14.4. The van der Waals surface area contributed by atoms with Gasteiger partial charge in [-0.1, -0.05) is 6.42 Å². The van der Waals surface area contributed by atoms with Gasteiger partial charge in [-0.25, -0.2) is 0 Å². The van der Waals surface area contributed by atoms with Gasteiger partial charge in [0.15, 0.2) is 0 Å². The van der Waals surface area contributed by atoms with Crippen molar-refractivity contribution in [2.75, 3.05) is 18.8 Å². The molecule has 0 radical (unpaired) electrons. The average Bonchev–Trinajstić information content (AvgIpc) is 3.19. The normalized spacial score (nSPS) is 26.8. The van der Waals surface area contributed by atoms with Gasteiger partial charge < -0.3 is 15.4 Å². The molecule has 1 aliphatic carbocycles. The molecule has 1 unspecified atom stereocenters. The molecule has 8 heteroatoms. The number of anilines is 1. The number of ether oxygens (including phenoxy) is 1. The van der Waals surface area contributed by atoms with Gasteiger partial charge in [-0.2, -0.15) is 4.98 Å². The van der Waals surface area contributed by atoms with Crippen LogP contribution in [0.25, 0.3) is 0 Å². The SMILES string of the molecule is Nc1n[nH]c(C2CCN(C(=O)C3CC(=O)OC34CCCCC4)CC2)n1. The van der Waals surface area contributed by atoms with Crippen molar-refractivity contribution in [3.63, 3.8) is 0 Å². The Morgan fingerprint density at radius 1 is 1.24 bits per heavy atom. The molecule has 3 aliphatic rings. The second-order valence-corrected chi connectivity index (χ2v) is 7.53. The van der Waals surface area contributed by atoms with E-state index in [1.807, 2.05) is 4.90 Å². The van der Waals surface area contributed by atoms with E-state index in [2.05, 4.69) is 15.2 Å². The topological polar surface area (TPSA) is 114 Å². The van der Waals surface area contributed by atoms with Crippen molar-refractivity contribution < 1.29 is 14.3 Å². The Hall–Kier alpha value is -2.12. The lowest BCUT2D eigenvalue weighted by atomic mass is 9.75. The van der Waals surface area contributed by atoms with Crippen LogP contribution >= 0.6 is 0 Å². The fourth-order valence-electron chi connectivity index (χ4n) is 4.67. The number of piperidine rings is 1. The van der Waals surface area contributed by atoms with Gasteiger partial charge in [0.05, 0.1) is 12.3 Å². The highest BCUT2D eigenvalue weighted by molar-refractivity contribution is 5.88. The number of H-pyrrole nitrogens is 1. The molecule has 0 aromatic carbocycles. The number of carbonyl (C=O) groups excluding carboxylic acids is 2. The number of nitrogens with zero attached hydrogens (tertiary/aromatic N) is 3. The first-order valence-electron chi connectivity index (χ1n) is 9.26. The molecule has 1 atom stereocenters. The predicted molar refractivity (Wildman–Crippen MR) is 89.4 cm³/mol. The van der Waals surface area contributed by atoms with Crippen molar-refractivity contribution in [2.45, 2.75) is 62.9 Å². The molecule has 2 aliphatic heterocycles. The van der Waals surface area contributed by atoms with Crippen molar-refractivity contribution in [2.24, 2.45) is 5.92 Å². The maximum Gasteiger partial charge on any atom is 0.307 e.